The third kappa shape index (κ3) is 5.82. The van der Waals surface area contributed by atoms with Crippen LogP contribution in [0.15, 0.2) is 0 Å². The highest BCUT2D eigenvalue weighted by Gasteiger charge is 2.25. The van der Waals surface area contributed by atoms with Gasteiger partial charge in [-0.25, -0.2) is 0 Å². The molecule has 1 fully saturated rings. The molecule has 0 aromatic carbocycles. The van der Waals surface area contributed by atoms with Crippen molar-refractivity contribution in [2.45, 2.75) is 58.8 Å². The summed E-state index contributed by atoms with van der Waals surface area (Å²) >= 11 is 1.51. The van der Waals surface area contributed by atoms with Gasteiger partial charge in [0, 0.05) is 36.9 Å². The molecule has 2 aliphatic rings. The van der Waals surface area contributed by atoms with E-state index in [2.05, 4.69) is 15.5 Å². The fourth-order valence-corrected chi connectivity index (χ4v) is 5.64. The van der Waals surface area contributed by atoms with Crippen LogP contribution in [0.4, 0.5) is 5.00 Å². The Morgan fingerprint density at radius 2 is 1.97 bits per heavy atom. The molecule has 1 aromatic rings. The van der Waals surface area contributed by atoms with Gasteiger partial charge in [0.05, 0.1) is 5.56 Å². The van der Waals surface area contributed by atoms with Gasteiger partial charge >= 0.3 is 0 Å². The van der Waals surface area contributed by atoms with E-state index in [0.717, 1.165) is 57.2 Å². The van der Waals surface area contributed by atoms with Crippen LogP contribution in [-0.4, -0.2) is 48.8 Å². The summed E-state index contributed by atoms with van der Waals surface area (Å²) < 4.78 is 0. The third-order valence-electron chi connectivity index (χ3n) is 6.02. The average molecular weight is 435 g/mol. The Balaban J connectivity index is 1.49. The minimum Gasteiger partial charge on any atom is -0.365 e. The summed E-state index contributed by atoms with van der Waals surface area (Å²) in [5, 5.41) is 6.59. The van der Waals surface area contributed by atoms with Gasteiger partial charge in [-0.05, 0) is 56.6 Å². The summed E-state index contributed by atoms with van der Waals surface area (Å²) in [7, 11) is 0. The van der Waals surface area contributed by atoms with Crippen LogP contribution in [0.5, 0.6) is 0 Å². The van der Waals surface area contributed by atoms with Crippen molar-refractivity contribution in [3.63, 3.8) is 0 Å². The first-order chi connectivity index (χ1) is 14.3. The van der Waals surface area contributed by atoms with Gasteiger partial charge in [0.2, 0.25) is 11.8 Å². The topological polar surface area (TPSA) is 105 Å². The van der Waals surface area contributed by atoms with Crippen molar-refractivity contribution in [1.29, 1.82) is 0 Å². The van der Waals surface area contributed by atoms with Crippen LogP contribution in [-0.2, 0) is 22.4 Å². The van der Waals surface area contributed by atoms with Crippen molar-refractivity contribution in [3.8, 4) is 0 Å². The van der Waals surface area contributed by atoms with Crippen molar-refractivity contribution >= 4 is 34.1 Å². The minimum absolute atomic E-state index is 0.00148. The summed E-state index contributed by atoms with van der Waals surface area (Å²) in [6.07, 6.45) is 6.56. The van der Waals surface area contributed by atoms with Gasteiger partial charge in [0.15, 0.2) is 0 Å². The highest BCUT2D eigenvalue weighted by atomic mass is 32.1. The maximum Gasteiger partial charge on any atom is 0.251 e. The number of nitrogens with zero attached hydrogens (tertiary/aromatic N) is 1. The van der Waals surface area contributed by atoms with E-state index in [1.807, 2.05) is 13.8 Å². The number of thiophene rings is 1. The van der Waals surface area contributed by atoms with E-state index < -0.39 is 5.91 Å². The number of primary amides is 1. The van der Waals surface area contributed by atoms with Gasteiger partial charge < -0.3 is 21.3 Å². The molecule has 0 spiro atoms. The van der Waals surface area contributed by atoms with Crippen molar-refractivity contribution in [2.24, 2.45) is 17.6 Å². The highest BCUT2D eigenvalue weighted by Crippen LogP contribution is 2.37. The van der Waals surface area contributed by atoms with Crippen LogP contribution in [0, 0.1) is 11.8 Å². The molecule has 4 N–H and O–H groups in total. The van der Waals surface area contributed by atoms with E-state index in [4.69, 9.17) is 5.73 Å². The number of carbonyl (C=O) groups is 3. The second-order valence-electron chi connectivity index (χ2n) is 8.79. The Bertz CT molecular complexity index is 790. The molecule has 1 aliphatic heterocycles. The van der Waals surface area contributed by atoms with Gasteiger partial charge in [-0.2, -0.15) is 0 Å². The van der Waals surface area contributed by atoms with Crippen LogP contribution in [0.2, 0.25) is 0 Å². The molecule has 3 amide bonds. The maximum absolute atomic E-state index is 12.6. The SMILES string of the molecule is CC(C)C(=O)NCC1CCCN(CCC(=O)Nc2sc3c(c2C(N)=O)CCCC3)C1. The molecular weight excluding hydrogens is 400 g/mol. The molecule has 3 rings (SSSR count). The number of aryl methyl sites for hydroxylation is 1. The van der Waals surface area contributed by atoms with E-state index >= 15 is 0 Å². The fraction of sp³-hybridized carbons (Fsp3) is 0.682. The Morgan fingerprint density at radius 1 is 1.20 bits per heavy atom. The molecular formula is C22H34N4O3S. The summed E-state index contributed by atoms with van der Waals surface area (Å²) in [5.41, 5.74) is 7.17. The first kappa shape index (κ1) is 22.7. The predicted molar refractivity (Wildman–Crippen MR) is 120 cm³/mol. The minimum atomic E-state index is -0.452. The lowest BCUT2D eigenvalue weighted by Crippen LogP contribution is -2.42. The molecule has 1 saturated heterocycles. The highest BCUT2D eigenvalue weighted by molar-refractivity contribution is 7.17. The van der Waals surface area contributed by atoms with Crippen LogP contribution in [0.1, 0.15) is 66.8 Å². The van der Waals surface area contributed by atoms with Crippen molar-refractivity contribution in [1.82, 2.24) is 10.2 Å². The van der Waals surface area contributed by atoms with Gasteiger partial charge in [-0.1, -0.05) is 13.8 Å². The average Bonchev–Trinajstić information content (AvgIpc) is 3.08. The number of piperidine rings is 1. The zero-order valence-electron chi connectivity index (χ0n) is 18.1. The van der Waals surface area contributed by atoms with Crippen LogP contribution < -0.4 is 16.4 Å². The number of carbonyl (C=O) groups excluding carboxylic acids is 3. The van der Waals surface area contributed by atoms with Crippen LogP contribution in [0.25, 0.3) is 0 Å². The number of hydrogen-bond donors (Lipinski definition) is 3. The Labute approximate surface area is 182 Å². The van der Waals surface area contributed by atoms with Gasteiger partial charge in [0.25, 0.3) is 5.91 Å². The summed E-state index contributed by atoms with van der Waals surface area (Å²) in [5.74, 6) is -0.00894. The predicted octanol–water partition coefficient (Wildman–Crippen LogP) is 2.54. The van der Waals surface area contributed by atoms with E-state index in [-0.39, 0.29) is 17.7 Å². The molecule has 0 saturated carbocycles. The molecule has 0 bridgehead atoms. The van der Waals surface area contributed by atoms with Crippen LogP contribution >= 0.6 is 11.3 Å². The summed E-state index contributed by atoms with van der Waals surface area (Å²) in [6.45, 7) is 7.04. The van der Waals surface area contributed by atoms with Gasteiger partial charge in [-0.3, -0.25) is 14.4 Å². The molecule has 166 valence electrons. The number of nitrogens with one attached hydrogen (secondary N) is 2. The zero-order valence-corrected chi connectivity index (χ0v) is 18.9. The number of rotatable bonds is 8. The summed E-state index contributed by atoms with van der Waals surface area (Å²) in [4.78, 5) is 39.8. The third-order valence-corrected chi connectivity index (χ3v) is 7.23. The number of hydrogen-bond acceptors (Lipinski definition) is 5. The molecule has 1 aliphatic carbocycles. The van der Waals surface area contributed by atoms with Gasteiger partial charge in [0.1, 0.15) is 5.00 Å². The molecule has 30 heavy (non-hydrogen) atoms. The lowest BCUT2D eigenvalue weighted by Gasteiger charge is -2.32. The van der Waals surface area contributed by atoms with Crippen molar-refractivity contribution in [3.05, 3.63) is 16.0 Å². The Kier molecular flexibility index (Phi) is 7.88. The molecule has 1 aromatic heterocycles. The fourth-order valence-electron chi connectivity index (χ4n) is 4.33. The smallest absolute Gasteiger partial charge is 0.251 e. The van der Waals surface area contributed by atoms with Crippen molar-refractivity contribution < 1.29 is 14.4 Å². The molecule has 2 heterocycles. The molecule has 1 unspecified atom stereocenters. The second-order valence-corrected chi connectivity index (χ2v) is 9.89. The Hall–Kier alpha value is -1.93. The standard InChI is InChI=1S/C22H34N4O3S/c1-14(2)21(29)24-12-15-6-5-10-26(13-15)11-9-18(27)25-22-19(20(23)28)16-7-3-4-8-17(16)30-22/h14-15H,3-13H2,1-2H3,(H2,23,28)(H,24,29)(H,25,27). The van der Waals surface area contributed by atoms with E-state index in [1.54, 1.807) is 0 Å². The number of fused-ring (bicyclic) bond motifs is 1. The van der Waals surface area contributed by atoms with Gasteiger partial charge in [-0.15, -0.1) is 11.3 Å². The molecule has 1 atom stereocenters. The second kappa shape index (κ2) is 10.4. The Morgan fingerprint density at radius 3 is 2.70 bits per heavy atom. The zero-order chi connectivity index (χ0) is 21.7. The largest absolute Gasteiger partial charge is 0.365 e. The van der Waals surface area contributed by atoms with E-state index in [9.17, 15) is 14.4 Å². The number of likely N-dealkylation sites (tertiary alicyclic amines) is 1. The first-order valence-electron chi connectivity index (χ1n) is 11.1. The van der Waals surface area contributed by atoms with Crippen LogP contribution in [0.3, 0.4) is 0 Å². The lowest BCUT2D eigenvalue weighted by atomic mass is 9.95. The molecule has 7 nitrogen and oxygen atoms in total. The molecule has 8 heteroatoms. The summed E-state index contributed by atoms with van der Waals surface area (Å²) in [6, 6.07) is 0. The van der Waals surface area contributed by atoms with Crippen molar-refractivity contribution in [2.75, 3.05) is 31.5 Å². The number of anilines is 1. The normalized spacial score (nSPS) is 19.4. The lowest BCUT2D eigenvalue weighted by molar-refractivity contribution is -0.124. The monoisotopic (exact) mass is 434 g/mol. The molecule has 0 radical (unpaired) electrons. The quantitative estimate of drug-likeness (QED) is 0.585. The number of nitrogens with two attached hydrogens (primary N) is 1. The number of amides is 3. The van der Waals surface area contributed by atoms with E-state index in [0.29, 0.717) is 36.0 Å². The maximum atomic E-state index is 12.6. The van der Waals surface area contributed by atoms with E-state index in [1.165, 1.54) is 16.2 Å². The first-order valence-corrected chi connectivity index (χ1v) is 11.9.